The van der Waals surface area contributed by atoms with Crippen LogP contribution in [0.15, 0.2) is 17.5 Å². The Morgan fingerprint density at radius 2 is 2.12 bits per heavy atom. The molecule has 2 aliphatic heterocycles. The highest BCUT2D eigenvalue weighted by atomic mass is 32.1. The molecular weight excluding hydrogens is 373 g/mol. The van der Waals surface area contributed by atoms with E-state index in [1.807, 2.05) is 14.1 Å². The largest absolute Gasteiger partial charge is 0.490 e. The fraction of sp³-hybridized carbons (Fsp3) is 0.625. The maximum atomic E-state index is 12.5. The van der Waals surface area contributed by atoms with Gasteiger partial charge in [0.1, 0.15) is 0 Å². The van der Waals surface area contributed by atoms with E-state index >= 15 is 0 Å². The van der Waals surface area contributed by atoms with E-state index < -0.39 is 12.1 Å². The van der Waals surface area contributed by atoms with Crippen LogP contribution in [-0.4, -0.2) is 73.4 Å². The zero-order chi connectivity index (χ0) is 19.5. The van der Waals surface area contributed by atoms with E-state index in [2.05, 4.69) is 22.4 Å². The Kier molecular flexibility index (Phi) is 6.30. The first kappa shape index (κ1) is 20.7. The number of aliphatic carboxylic acids is 1. The van der Waals surface area contributed by atoms with Crippen molar-refractivity contribution in [1.82, 2.24) is 9.80 Å². The van der Waals surface area contributed by atoms with Crippen LogP contribution in [0.3, 0.4) is 0 Å². The van der Waals surface area contributed by atoms with Crippen molar-refractivity contribution in [2.24, 2.45) is 11.3 Å². The van der Waals surface area contributed by atoms with E-state index in [0.29, 0.717) is 12.5 Å². The summed E-state index contributed by atoms with van der Waals surface area (Å²) >= 11 is 1.78. The van der Waals surface area contributed by atoms with Crippen molar-refractivity contribution in [3.63, 3.8) is 0 Å². The number of alkyl halides is 3. The van der Waals surface area contributed by atoms with Crippen LogP contribution in [0.1, 0.15) is 4.88 Å². The fourth-order valence-corrected chi connectivity index (χ4v) is 4.08. The molecule has 2 fully saturated rings. The van der Waals surface area contributed by atoms with Crippen molar-refractivity contribution in [2.45, 2.75) is 12.7 Å². The Morgan fingerprint density at radius 1 is 1.46 bits per heavy atom. The van der Waals surface area contributed by atoms with Crippen LogP contribution in [0.5, 0.6) is 0 Å². The molecule has 26 heavy (non-hydrogen) atoms. The number of ether oxygens (including phenoxy) is 1. The maximum Gasteiger partial charge on any atom is 0.490 e. The van der Waals surface area contributed by atoms with Gasteiger partial charge in [-0.15, -0.1) is 11.3 Å². The minimum atomic E-state index is -5.08. The molecule has 0 unspecified atom stereocenters. The Morgan fingerprint density at radius 3 is 2.62 bits per heavy atom. The Balaban J connectivity index is 0.000000298. The minimum Gasteiger partial charge on any atom is -0.475 e. The SMILES string of the molecule is CN(C)C(=O)[C@]12COC[C@H]1CN(Cc1cccs1)C2.O=C(O)C(F)(F)F. The predicted octanol–water partition coefficient (Wildman–Crippen LogP) is 1.92. The van der Waals surface area contributed by atoms with Crippen LogP contribution < -0.4 is 0 Å². The molecule has 2 saturated heterocycles. The van der Waals surface area contributed by atoms with Crippen LogP contribution in [0.4, 0.5) is 13.2 Å². The molecule has 6 nitrogen and oxygen atoms in total. The number of fused-ring (bicyclic) bond motifs is 1. The lowest BCUT2D eigenvalue weighted by atomic mass is 9.80. The molecule has 2 aliphatic rings. The number of hydrogen-bond acceptors (Lipinski definition) is 5. The zero-order valence-corrected chi connectivity index (χ0v) is 15.3. The summed E-state index contributed by atoms with van der Waals surface area (Å²) in [4.78, 5) is 26.9. The third-order valence-electron chi connectivity index (χ3n) is 4.48. The van der Waals surface area contributed by atoms with E-state index in [1.165, 1.54) is 4.88 Å². The number of carboxylic acid groups (broad SMARTS) is 1. The van der Waals surface area contributed by atoms with E-state index in [4.69, 9.17) is 14.6 Å². The molecule has 1 N–H and O–H groups in total. The lowest BCUT2D eigenvalue weighted by molar-refractivity contribution is -0.192. The standard InChI is InChI=1S/C14H20N2O2S.C2HF3O2/c1-15(2)13(17)14-9-16(6-11(14)8-18-10-14)7-12-4-3-5-19-12;3-2(4,5)1(6)7/h3-5,11H,6-10H2,1-2H3;(H,6,7)/t11-,14-;/m1./s1. The number of hydrogen-bond donors (Lipinski definition) is 1. The first-order chi connectivity index (χ1) is 12.1. The van der Waals surface area contributed by atoms with Gasteiger partial charge < -0.3 is 14.7 Å². The van der Waals surface area contributed by atoms with Gasteiger partial charge in [0.15, 0.2) is 0 Å². The molecule has 1 amide bonds. The zero-order valence-electron chi connectivity index (χ0n) is 14.5. The first-order valence-corrected chi connectivity index (χ1v) is 8.78. The number of carbonyl (C=O) groups is 2. The van der Waals surface area contributed by atoms with Crippen molar-refractivity contribution >= 4 is 23.2 Å². The van der Waals surface area contributed by atoms with Gasteiger partial charge in [-0.1, -0.05) is 6.07 Å². The molecule has 1 aromatic rings. The number of halogens is 3. The van der Waals surface area contributed by atoms with Crippen LogP contribution in [0.25, 0.3) is 0 Å². The lowest BCUT2D eigenvalue weighted by Crippen LogP contribution is -2.46. The van der Waals surface area contributed by atoms with Gasteiger partial charge in [0.2, 0.25) is 5.91 Å². The second kappa shape index (κ2) is 7.93. The normalized spacial score (nSPS) is 25.3. The molecule has 1 aromatic heterocycles. The number of thiophene rings is 1. The first-order valence-electron chi connectivity index (χ1n) is 7.90. The van der Waals surface area contributed by atoms with E-state index in [9.17, 15) is 18.0 Å². The van der Waals surface area contributed by atoms with Crippen molar-refractivity contribution in [3.8, 4) is 0 Å². The second-order valence-electron chi connectivity index (χ2n) is 6.62. The summed E-state index contributed by atoms with van der Waals surface area (Å²) in [6.07, 6.45) is -5.08. The van der Waals surface area contributed by atoms with Crippen molar-refractivity contribution in [1.29, 1.82) is 0 Å². The average Bonchev–Trinajstić information content (AvgIpc) is 3.22. The highest BCUT2D eigenvalue weighted by molar-refractivity contribution is 7.09. The highest BCUT2D eigenvalue weighted by Gasteiger charge is 2.56. The Hall–Kier alpha value is -1.65. The molecule has 0 radical (unpaired) electrons. The maximum absolute atomic E-state index is 12.5. The summed E-state index contributed by atoms with van der Waals surface area (Å²) in [5.74, 6) is -2.18. The fourth-order valence-electron chi connectivity index (χ4n) is 3.33. The number of nitrogens with zero attached hydrogens (tertiary/aromatic N) is 2. The third-order valence-corrected chi connectivity index (χ3v) is 5.34. The van der Waals surface area contributed by atoms with Gasteiger partial charge in [0, 0.05) is 44.5 Å². The van der Waals surface area contributed by atoms with Gasteiger partial charge in [-0.05, 0) is 11.4 Å². The van der Waals surface area contributed by atoms with E-state index in [-0.39, 0.29) is 11.3 Å². The average molecular weight is 394 g/mol. The monoisotopic (exact) mass is 394 g/mol. The minimum absolute atomic E-state index is 0.226. The molecular formula is C16H21F3N2O4S. The summed E-state index contributed by atoms with van der Waals surface area (Å²) in [5.41, 5.74) is -0.305. The van der Waals surface area contributed by atoms with Crippen LogP contribution >= 0.6 is 11.3 Å². The van der Waals surface area contributed by atoms with Crippen molar-refractivity contribution in [3.05, 3.63) is 22.4 Å². The summed E-state index contributed by atoms with van der Waals surface area (Å²) in [5, 5.41) is 9.23. The van der Waals surface area contributed by atoms with Gasteiger partial charge in [-0.25, -0.2) is 4.79 Å². The molecule has 2 atom stereocenters. The molecule has 10 heteroatoms. The third kappa shape index (κ3) is 4.54. The summed E-state index contributed by atoms with van der Waals surface area (Å²) in [6.45, 7) is 4.05. The molecule has 0 saturated carbocycles. The van der Waals surface area contributed by atoms with Crippen molar-refractivity contribution in [2.75, 3.05) is 40.4 Å². The van der Waals surface area contributed by atoms with Crippen molar-refractivity contribution < 1.29 is 32.6 Å². The van der Waals surface area contributed by atoms with Crippen LogP contribution in [0.2, 0.25) is 0 Å². The van der Waals surface area contributed by atoms with Gasteiger partial charge in [-0.3, -0.25) is 9.69 Å². The molecule has 0 bridgehead atoms. The molecule has 3 heterocycles. The van der Waals surface area contributed by atoms with Gasteiger partial charge in [-0.2, -0.15) is 13.2 Å². The molecule has 3 rings (SSSR count). The number of carbonyl (C=O) groups excluding carboxylic acids is 1. The topological polar surface area (TPSA) is 70.1 Å². The van der Waals surface area contributed by atoms with Crippen LogP contribution in [0, 0.1) is 11.3 Å². The summed E-state index contributed by atoms with van der Waals surface area (Å²) in [6, 6.07) is 4.25. The van der Waals surface area contributed by atoms with Gasteiger partial charge in [0.25, 0.3) is 0 Å². The smallest absolute Gasteiger partial charge is 0.475 e. The number of carboxylic acids is 1. The number of rotatable bonds is 3. The highest BCUT2D eigenvalue weighted by Crippen LogP contribution is 2.43. The Bertz CT molecular complexity index is 636. The number of likely N-dealkylation sites (tertiary alicyclic amines) is 1. The molecule has 146 valence electrons. The summed E-state index contributed by atoms with van der Waals surface area (Å²) < 4.78 is 37.3. The quantitative estimate of drug-likeness (QED) is 0.848. The van der Waals surface area contributed by atoms with E-state index in [1.54, 1.807) is 16.2 Å². The number of amides is 1. The summed E-state index contributed by atoms with van der Waals surface area (Å²) in [7, 11) is 3.68. The van der Waals surface area contributed by atoms with Crippen LogP contribution in [-0.2, 0) is 20.9 Å². The molecule has 0 spiro atoms. The Labute approximate surface area is 153 Å². The lowest BCUT2D eigenvalue weighted by Gasteiger charge is -2.29. The van der Waals surface area contributed by atoms with E-state index in [0.717, 1.165) is 26.2 Å². The van der Waals surface area contributed by atoms with Gasteiger partial charge in [0.05, 0.1) is 18.6 Å². The van der Waals surface area contributed by atoms with Gasteiger partial charge >= 0.3 is 12.1 Å². The molecule has 0 aromatic carbocycles. The predicted molar refractivity (Wildman–Crippen MR) is 88.7 cm³/mol. The molecule has 0 aliphatic carbocycles. The second-order valence-corrected chi connectivity index (χ2v) is 7.65.